The Morgan fingerprint density at radius 3 is 1.59 bits per heavy atom. The number of nitrogens with zero attached hydrogens (tertiary/aromatic N) is 3. The maximum Gasteiger partial charge on any atom is 0.0991 e. The summed E-state index contributed by atoms with van der Waals surface area (Å²) in [5.41, 5.74) is 15.5. The van der Waals surface area contributed by atoms with Crippen LogP contribution in [0.25, 0.3) is 32.3 Å². The summed E-state index contributed by atoms with van der Waals surface area (Å²) >= 11 is 0. The predicted molar refractivity (Wildman–Crippen MR) is 254 cm³/mol. The van der Waals surface area contributed by atoms with Gasteiger partial charge in [0.2, 0.25) is 0 Å². The third kappa shape index (κ3) is 7.31. The van der Waals surface area contributed by atoms with E-state index in [0.717, 1.165) is 56.4 Å². The second-order valence-electron chi connectivity index (χ2n) is 18.9. The molecule has 0 aromatic heterocycles. The zero-order chi connectivity index (χ0) is 42.0. The van der Waals surface area contributed by atoms with Gasteiger partial charge < -0.3 is 9.80 Å². The van der Waals surface area contributed by atoms with Gasteiger partial charge in [0.1, 0.15) is 0 Å². The molecule has 0 saturated heterocycles. The van der Waals surface area contributed by atoms with Gasteiger partial charge in [0.25, 0.3) is 0 Å². The van der Waals surface area contributed by atoms with Crippen LogP contribution in [0.1, 0.15) is 88.3 Å². The molecule has 296 valence electrons. The molecule has 7 aromatic carbocycles. The Morgan fingerprint density at radius 1 is 0.508 bits per heavy atom. The third-order valence-corrected chi connectivity index (χ3v) is 12.7. The minimum Gasteiger partial charge on any atom is -0.313 e. The number of rotatable bonds is 6. The molecular formula is C56H57N3. The number of nitriles is 1. The van der Waals surface area contributed by atoms with Gasteiger partial charge in [0.15, 0.2) is 0 Å². The Bertz CT molecular complexity index is 2890. The van der Waals surface area contributed by atoms with Crippen LogP contribution in [0.15, 0.2) is 139 Å². The van der Waals surface area contributed by atoms with Crippen LogP contribution < -0.4 is 9.80 Å². The van der Waals surface area contributed by atoms with Gasteiger partial charge >= 0.3 is 0 Å². The van der Waals surface area contributed by atoms with Crippen LogP contribution in [0.4, 0.5) is 28.4 Å². The minimum atomic E-state index is 0.0333. The van der Waals surface area contributed by atoms with E-state index in [2.05, 4.69) is 213 Å². The van der Waals surface area contributed by atoms with E-state index in [1.54, 1.807) is 0 Å². The normalized spacial score (nSPS) is 14.6. The molecule has 59 heavy (non-hydrogen) atoms. The Labute approximate surface area is 351 Å². The van der Waals surface area contributed by atoms with Crippen molar-refractivity contribution in [1.29, 1.82) is 5.26 Å². The zero-order valence-corrected chi connectivity index (χ0v) is 36.8. The molecule has 1 atom stereocenters. The molecule has 0 fully saturated rings. The average molecular weight is 772 g/mol. The molecule has 0 heterocycles. The van der Waals surface area contributed by atoms with Crippen LogP contribution in [0.5, 0.6) is 0 Å². The maximum absolute atomic E-state index is 10.4. The van der Waals surface area contributed by atoms with Gasteiger partial charge in [-0.1, -0.05) is 115 Å². The SMILES string of the molecule is Cc1ccc(N(C2=CC=C(C(C)(C)C)CC2C)c2cc3c4cc(C#N)ccc4c(N(c4ccc(C(C)(C)C)cc4)c4ccc(C)c(C)c4)cc3c3ccccc23)cc1C. The fourth-order valence-electron chi connectivity index (χ4n) is 8.80. The molecular weight excluding hydrogens is 715 g/mol. The van der Waals surface area contributed by atoms with Crippen molar-refractivity contribution in [2.24, 2.45) is 11.3 Å². The van der Waals surface area contributed by atoms with Gasteiger partial charge in [-0.25, -0.2) is 0 Å². The molecule has 0 aliphatic heterocycles. The van der Waals surface area contributed by atoms with Crippen LogP contribution in [-0.2, 0) is 5.41 Å². The highest BCUT2D eigenvalue weighted by atomic mass is 15.2. The van der Waals surface area contributed by atoms with Gasteiger partial charge in [0, 0.05) is 39.4 Å². The van der Waals surface area contributed by atoms with Crippen molar-refractivity contribution in [2.45, 2.75) is 88.0 Å². The minimum absolute atomic E-state index is 0.0333. The van der Waals surface area contributed by atoms with Crippen LogP contribution in [0.3, 0.4) is 0 Å². The molecule has 1 unspecified atom stereocenters. The lowest BCUT2D eigenvalue weighted by molar-refractivity contribution is 0.453. The molecule has 0 spiro atoms. The zero-order valence-electron chi connectivity index (χ0n) is 36.8. The third-order valence-electron chi connectivity index (χ3n) is 12.7. The van der Waals surface area contributed by atoms with Crippen molar-refractivity contribution < 1.29 is 0 Å². The Balaban J connectivity index is 1.47. The second kappa shape index (κ2) is 14.9. The van der Waals surface area contributed by atoms with Crippen LogP contribution >= 0.6 is 0 Å². The van der Waals surface area contributed by atoms with E-state index in [0.29, 0.717) is 11.5 Å². The molecule has 1 aliphatic rings. The van der Waals surface area contributed by atoms with Crippen LogP contribution in [0, 0.1) is 50.4 Å². The molecule has 8 rings (SSSR count). The van der Waals surface area contributed by atoms with E-state index in [-0.39, 0.29) is 10.8 Å². The quantitative estimate of drug-likeness (QED) is 0.158. The number of fused-ring (bicyclic) bond motifs is 5. The summed E-state index contributed by atoms with van der Waals surface area (Å²) in [5.74, 6) is 0.297. The summed E-state index contributed by atoms with van der Waals surface area (Å²) < 4.78 is 0. The van der Waals surface area contributed by atoms with Gasteiger partial charge in [0.05, 0.1) is 23.0 Å². The summed E-state index contributed by atoms with van der Waals surface area (Å²) in [7, 11) is 0. The largest absolute Gasteiger partial charge is 0.313 e. The summed E-state index contributed by atoms with van der Waals surface area (Å²) in [6, 6.07) is 45.1. The number of hydrogen-bond acceptors (Lipinski definition) is 3. The van der Waals surface area contributed by atoms with Crippen molar-refractivity contribution in [2.75, 3.05) is 9.80 Å². The van der Waals surface area contributed by atoms with Gasteiger partial charge in [-0.15, -0.1) is 0 Å². The number of aryl methyl sites for hydroxylation is 4. The van der Waals surface area contributed by atoms with E-state index in [1.807, 2.05) is 6.07 Å². The smallest absolute Gasteiger partial charge is 0.0991 e. The van der Waals surface area contributed by atoms with Gasteiger partial charge in [-0.2, -0.15) is 5.26 Å². The first-order chi connectivity index (χ1) is 28.0. The van der Waals surface area contributed by atoms with Crippen LogP contribution in [0.2, 0.25) is 0 Å². The summed E-state index contributed by atoms with van der Waals surface area (Å²) in [6.07, 6.45) is 5.73. The average Bonchev–Trinajstić information content (AvgIpc) is 3.20. The lowest BCUT2D eigenvalue weighted by Crippen LogP contribution is -2.26. The first-order valence-electron chi connectivity index (χ1n) is 21.1. The Hall–Kier alpha value is -6.11. The monoisotopic (exact) mass is 771 g/mol. The van der Waals surface area contributed by atoms with Gasteiger partial charge in [-0.05, 0) is 161 Å². The highest BCUT2D eigenvalue weighted by Crippen LogP contribution is 2.49. The lowest BCUT2D eigenvalue weighted by Gasteiger charge is -2.37. The molecule has 0 bridgehead atoms. The van der Waals surface area contributed by atoms with E-state index < -0.39 is 0 Å². The number of hydrogen-bond donors (Lipinski definition) is 0. The predicted octanol–water partition coefficient (Wildman–Crippen LogP) is 16.1. The van der Waals surface area contributed by atoms with Crippen molar-refractivity contribution in [1.82, 2.24) is 0 Å². The van der Waals surface area contributed by atoms with Crippen molar-refractivity contribution >= 4 is 60.8 Å². The van der Waals surface area contributed by atoms with Gasteiger partial charge in [-0.3, -0.25) is 0 Å². The standard InChI is InChI=1S/C56H57N3/c1-35-16-22-44(29-37(35)3)58(43-24-19-41(20-25-43)55(6,7)8)53-32-50-46-14-12-13-15-47(46)54(33-51(50)49-31-40(34-57)18-26-48(49)53)59(45-23-17-36(2)38(4)30-45)52-27-21-42(28-39(52)5)56(9,10)11/h12-27,29-33,39H,28H2,1-11H3. The number of allylic oxidation sites excluding steroid dienone is 4. The second-order valence-corrected chi connectivity index (χ2v) is 18.9. The molecule has 1 aliphatic carbocycles. The first kappa shape index (κ1) is 39.7. The molecule has 3 nitrogen and oxygen atoms in total. The van der Waals surface area contributed by atoms with E-state index in [9.17, 15) is 5.26 Å². The highest BCUT2D eigenvalue weighted by molar-refractivity contribution is 6.24. The molecule has 3 heteroatoms. The maximum atomic E-state index is 10.4. The molecule has 7 aromatic rings. The first-order valence-corrected chi connectivity index (χ1v) is 21.1. The molecule has 0 N–H and O–H groups in total. The van der Waals surface area contributed by atoms with E-state index in [4.69, 9.17) is 0 Å². The summed E-state index contributed by atoms with van der Waals surface area (Å²) in [5, 5.41) is 17.2. The Morgan fingerprint density at radius 2 is 1.03 bits per heavy atom. The van der Waals surface area contributed by atoms with Crippen molar-refractivity contribution in [3.63, 3.8) is 0 Å². The van der Waals surface area contributed by atoms with Crippen molar-refractivity contribution in [3.8, 4) is 6.07 Å². The van der Waals surface area contributed by atoms with E-state index >= 15 is 0 Å². The molecule has 0 saturated carbocycles. The van der Waals surface area contributed by atoms with E-state index in [1.165, 1.54) is 49.9 Å². The summed E-state index contributed by atoms with van der Waals surface area (Å²) in [4.78, 5) is 4.92. The molecule has 0 amide bonds. The van der Waals surface area contributed by atoms with Crippen LogP contribution in [-0.4, -0.2) is 0 Å². The fraction of sp³-hybridized carbons (Fsp3) is 0.268. The Kier molecular flexibility index (Phi) is 10.0. The van der Waals surface area contributed by atoms with Crippen molar-refractivity contribution in [3.05, 3.63) is 172 Å². The fourth-order valence-corrected chi connectivity index (χ4v) is 8.80. The molecule has 0 radical (unpaired) electrons. The summed E-state index contributed by atoms with van der Waals surface area (Å²) in [6.45, 7) is 24.9. The topological polar surface area (TPSA) is 30.3 Å². The number of benzene rings is 7. The lowest BCUT2D eigenvalue weighted by atomic mass is 9.78. The number of anilines is 5. The highest BCUT2D eigenvalue weighted by Gasteiger charge is 2.29.